The molecule has 0 fully saturated rings. The number of hydrogen-bond acceptors (Lipinski definition) is 3. The normalized spacial score (nSPS) is 11.7. The van der Waals surface area contributed by atoms with Gasteiger partial charge in [0.25, 0.3) is 0 Å². The quantitative estimate of drug-likeness (QED) is 0.456. The van der Waals surface area contributed by atoms with E-state index in [1.807, 2.05) is 30.3 Å². The molecular weight excluding hydrogens is 383 g/mol. The molecule has 136 valence electrons. The summed E-state index contributed by atoms with van der Waals surface area (Å²) in [5.74, 6) is 0.280. The molecule has 0 saturated heterocycles. The lowest BCUT2D eigenvalue weighted by atomic mass is 10.1. The first-order valence-electron chi connectivity index (χ1n) is 7.81. The molecule has 0 atom stereocenters. The Hall–Kier alpha value is -1.89. The number of halogens is 4. The molecule has 0 aliphatic heterocycles. The SMILES string of the molecule is FC(F)(F)c1ccc(-c2nc(COCc3ccccc3)c(CCl)s2)cc1. The Balaban J connectivity index is 1.72. The van der Waals surface area contributed by atoms with Crippen molar-refractivity contribution in [1.29, 1.82) is 0 Å². The van der Waals surface area contributed by atoms with Gasteiger partial charge in [-0.15, -0.1) is 22.9 Å². The van der Waals surface area contributed by atoms with Crippen molar-refractivity contribution in [2.75, 3.05) is 0 Å². The van der Waals surface area contributed by atoms with Gasteiger partial charge in [-0.3, -0.25) is 0 Å². The molecule has 0 bridgehead atoms. The van der Waals surface area contributed by atoms with Gasteiger partial charge >= 0.3 is 6.18 Å². The Morgan fingerprint density at radius 1 is 0.962 bits per heavy atom. The van der Waals surface area contributed by atoms with Crippen molar-refractivity contribution in [1.82, 2.24) is 4.98 Å². The third-order valence-corrected chi connectivity index (χ3v) is 5.28. The maximum absolute atomic E-state index is 12.7. The van der Waals surface area contributed by atoms with E-state index >= 15 is 0 Å². The molecule has 26 heavy (non-hydrogen) atoms. The molecule has 0 amide bonds. The molecule has 3 aromatic rings. The standard InChI is InChI=1S/C19H15ClF3NOS/c20-10-17-16(12-25-11-13-4-2-1-3-5-13)24-18(26-17)14-6-8-15(9-7-14)19(21,22)23/h1-9H,10-12H2. The Bertz CT molecular complexity index is 847. The molecule has 0 unspecified atom stereocenters. The fourth-order valence-electron chi connectivity index (χ4n) is 2.37. The molecule has 7 heteroatoms. The monoisotopic (exact) mass is 397 g/mol. The average molecular weight is 398 g/mol. The predicted molar refractivity (Wildman–Crippen MR) is 97.0 cm³/mol. The smallest absolute Gasteiger partial charge is 0.370 e. The van der Waals surface area contributed by atoms with Crippen LogP contribution in [0.2, 0.25) is 0 Å². The molecule has 0 radical (unpaired) electrons. The molecule has 2 nitrogen and oxygen atoms in total. The van der Waals surface area contributed by atoms with Crippen molar-refractivity contribution < 1.29 is 17.9 Å². The first-order valence-corrected chi connectivity index (χ1v) is 9.16. The molecule has 1 heterocycles. The zero-order chi connectivity index (χ0) is 18.6. The van der Waals surface area contributed by atoms with Gasteiger partial charge in [0.15, 0.2) is 0 Å². The largest absolute Gasteiger partial charge is 0.416 e. The number of thiazole rings is 1. The van der Waals surface area contributed by atoms with Crippen LogP contribution >= 0.6 is 22.9 Å². The number of rotatable bonds is 6. The van der Waals surface area contributed by atoms with Gasteiger partial charge in [0.1, 0.15) is 5.01 Å². The van der Waals surface area contributed by atoms with Crippen molar-refractivity contribution >= 4 is 22.9 Å². The Labute approximate surface area is 158 Å². The summed E-state index contributed by atoms with van der Waals surface area (Å²) in [4.78, 5) is 5.36. The summed E-state index contributed by atoms with van der Waals surface area (Å²) >= 11 is 7.35. The van der Waals surface area contributed by atoms with Crippen LogP contribution in [0.25, 0.3) is 10.6 Å². The van der Waals surface area contributed by atoms with Gasteiger partial charge in [-0.1, -0.05) is 42.5 Å². The van der Waals surface area contributed by atoms with Gasteiger partial charge in [-0.25, -0.2) is 4.98 Å². The van der Waals surface area contributed by atoms with Crippen LogP contribution < -0.4 is 0 Å². The van der Waals surface area contributed by atoms with Crippen LogP contribution in [0.3, 0.4) is 0 Å². The van der Waals surface area contributed by atoms with Crippen molar-refractivity contribution in [2.45, 2.75) is 25.3 Å². The van der Waals surface area contributed by atoms with Crippen LogP contribution in [0.5, 0.6) is 0 Å². The Morgan fingerprint density at radius 3 is 2.27 bits per heavy atom. The topological polar surface area (TPSA) is 22.1 Å². The molecule has 3 rings (SSSR count). The summed E-state index contributed by atoms with van der Waals surface area (Å²) in [5, 5.41) is 0.632. The van der Waals surface area contributed by atoms with Gasteiger partial charge in [0.2, 0.25) is 0 Å². The minimum absolute atomic E-state index is 0.280. The summed E-state index contributed by atoms with van der Waals surface area (Å²) in [5.41, 5.74) is 1.72. The number of hydrogen-bond donors (Lipinski definition) is 0. The van der Waals surface area contributed by atoms with E-state index in [0.717, 1.165) is 28.3 Å². The average Bonchev–Trinajstić information content (AvgIpc) is 3.05. The number of alkyl halides is 4. The van der Waals surface area contributed by atoms with Gasteiger partial charge in [0.05, 0.1) is 30.4 Å². The highest BCUT2D eigenvalue weighted by molar-refractivity contribution is 7.15. The van der Waals surface area contributed by atoms with E-state index in [4.69, 9.17) is 16.3 Å². The first kappa shape index (κ1) is 18.9. The predicted octanol–water partition coefficient (Wildman–Crippen LogP) is 6.28. The van der Waals surface area contributed by atoms with E-state index in [2.05, 4.69) is 4.98 Å². The van der Waals surface area contributed by atoms with Gasteiger partial charge in [-0.05, 0) is 17.7 Å². The molecule has 1 aromatic heterocycles. The minimum atomic E-state index is -4.35. The van der Waals surface area contributed by atoms with Crippen molar-refractivity contribution in [2.24, 2.45) is 0 Å². The van der Waals surface area contributed by atoms with Gasteiger partial charge in [0, 0.05) is 10.4 Å². The molecule has 0 aliphatic rings. The van der Waals surface area contributed by atoms with E-state index in [-0.39, 0.29) is 5.88 Å². The highest BCUT2D eigenvalue weighted by Crippen LogP contribution is 2.33. The highest BCUT2D eigenvalue weighted by Gasteiger charge is 2.30. The van der Waals surface area contributed by atoms with Crippen molar-refractivity contribution in [3.05, 3.63) is 76.3 Å². The van der Waals surface area contributed by atoms with E-state index in [9.17, 15) is 13.2 Å². The summed E-state index contributed by atoms with van der Waals surface area (Å²) in [6.45, 7) is 0.754. The molecule has 0 saturated carbocycles. The third-order valence-electron chi connectivity index (χ3n) is 3.71. The Kier molecular flexibility index (Phi) is 5.96. The number of aromatic nitrogens is 1. The van der Waals surface area contributed by atoms with E-state index in [1.54, 1.807) is 0 Å². The fraction of sp³-hybridized carbons (Fsp3) is 0.211. The van der Waals surface area contributed by atoms with Gasteiger partial charge < -0.3 is 4.74 Å². The second-order valence-electron chi connectivity index (χ2n) is 5.58. The minimum Gasteiger partial charge on any atom is -0.370 e. The van der Waals surface area contributed by atoms with E-state index < -0.39 is 11.7 Å². The zero-order valence-electron chi connectivity index (χ0n) is 13.6. The van der Waals surface area contributed by atoms with Crippen LogP contribution in [0.15, 0.2) is 54.6 Å². The summed E-state index contributed by atoms with van der Waals surface area (Å²) in [6.07, 6.45) is -4.35. The van der Waals surface area contributed by atoms with Crippen molar-refractivity contribution in [3.63, 3.8) is 0 Å². The van der Waals surface area contributed by atoms with Crippen LogP contribution in [0.1, 0.15) is 21.7 Å². The maximum atomic E-state index is 12.7. The lowest BCUT2D eigenvalue weighted by Gasteiger charge is -2.06. The fourth-order valence-corrected chi connectivity index (χ4v) is 3.60. The molecular formula is C19H15ClF3NOS. The molecule has 0 N–H and O–H groups in total. The Morgan fingerprint density at radius 2 is 1.65 bits per heavy atom. The lowest BCUT2D eigenvalue weighted by molar-refractivity contribution is -0.137. The summed E-state index contributed by atoms with van der Waals surface area (Å²) < 4.78 is 43.7. The number of nitrogens with zero attached hydrogens (tertiary/aromatic N) is 1. The first-order chi connectivity index (χ1) is 12.5. The highest BCUT2D eigenvalue weighted by atomic mass is 35.5. The van der Waals surface area contributed by atoms with Crippen LogP contribution in [0, 0.1) is 0 Å². The zero-order valence-corrected chi connectivity index (χ0v) is 15.2. The third kappa shape index (κ3) is 4.63. The van der Waals surface area contributed by atoms with Crippen LogP contribution in [-0.4, -0.2) is 4.98 Å². The second kappa shape index (κ2) is 8.20. The molecule has 0 spiro atoms. The van der Waals surface area contributed by atoms with E-state index in [0.29, 0.717) is 23.8 Å². The van der Waals surface area contributed by atoms with Crippen molar-refractivity contribution in [3.8, 4) is 10.6 Å². The summed E-state index contributed by atoms with van der Waals surface area (Å²) in [6, 6.07) is 14.7. The van der Waals surface area contributed by atoms with Crippen LogP contribution in [-0.2, 0) is 30.0 Å². The maximum Gasteiger partial charge on any atom is 0.416 e. The number of ether oxygens (including phenoxy) is 1. The number of benzene rings is 2. The second-order valence-corrected chi connectivity index (χ2v) is 6.93. The molecule has 0 aliphatic carbocycles. The lowest BCUT2D eigenvalue weighted by Crippen LogP contribution is -2.03. The molecule has 2 aromatic carbocycles. The van der Waals surface area contributed by atoms with E-state index in [1.165, 1.54) is 23.5 Å². The van der Waals surface area contributed by atoms with Gasteiger partial charge in [-0.2, -0.15) is 13.2 Å². The summed E-state index contributed by atoms with van der Waals surface area (Å²) in [7, 11) is 0. The van der Waals surface area contributed by atoms with Crippen LogP contribution in [0.4, 0.5) is 13.2 Å².